The SMILES string of the molecule is CCCC(C)(NC(=O)N1CCC(C)CC1)C(=O)O. The molecule has 104 valence electrons. The van der Waals surface area contributed by atoms with Crippen LogP contribution in [0.25, 0.3) is 0 Å². The van der Waals surface area contributed by atoms with Crippen molar-refractivity contribution in [3.63, 3.8) is 0 Å². The van der Waals surface area contributed by atoms with Gasteiger partial charge in [0.05, 0.1) is 0 Å². The Morgan fingerprint density at radius 3 is 2.39 bits per heavy atom. The van der Waals surface area contributed by atoms with Crippen molar-refractivity contribution in [1.29, 1.82) is 0 Å². The van der Waals surface area contributed by atoms with Crippen molar-refractivity contribution in [3.8, 4) is 0 Å². The molecule has 0 aromatic rings. The smallest absolute Gasteiger partial charge is 0.329 e. The number of carbonyl (C=O) groups is 2. The van der Waals surface area contributed by atoms with Gasteiger partial charge in [-0.05, 0) is 32.1 Å². The Bertz CT molecular complexity index is 311. The maximum atomic E-state index is 12.1. The largest absolute Gasteiger partial charge is 0.480 e. The van der Waals surface area contributed by atoms with E-state index in [4.69, 9.17) is 0 Å². The van der Waals surface area contributed by atoms with E-state index < -0.39 is 11.5 Å². The van der Waals surface area contributed by atoms with Gasteiger partial charge in [0.15, 0.2) is 0 Å². The average molecular weight is 256 g/mol. The second-order valence-corrected chi connectivity index (χ2v) is 5.49. The van der Waals surface area contributed by atoms with Gasteiger partial charge in [-0.2, -0.15) is 0 Å². The Morgan fingerprint density at radius 1 is 1.39 bits per heavy atom. The van der Waals surface area contributed by atoms with Crippen LogP contribution in [-0.2, 0) is 4.79 Å². The summed E-state index contributed by atoms with van der Waals surface area (Å²) < 4.78 is 0. The molecule has 1 rings (SSSR count). The Morgan fingerprint density at radius 2 is 1.94 bits per heavy atom. The van der Waals surface area contributed by atoms with Crippen molar-refractivity contribution in [2.24, 2.45) is 5.92 Å². The molecular formula is C13H24N2O3. The molecule has 18 heavy (non-hydrogen) atoms. The maximum Gasteiger partial charge on any atom is 0.329 e. The monoisotopic (exact) mass is 256 g/mol. The van der Waals surface area contributed by atoms with E-state index in [1.807, 2.05) is 6.92 Å². The summed E-state index contributed by atoms with van der Waals surface area (Å²) in [6.07, 6.45) is 3.15. The highest BCUT2D eigenvalue weighted by molar-refractivity contribution is 5.85. The first-order chi connectivity index (χ1) is 8.39. The first-order valence-electron chi connectivity index (χ1n) is 6.69. The fourth-order valence-corrected chi connectivity index (χ4v) is 2.25. The molecule has 2 amide bonds. The van der Waals surface area contributed by atoms with Crippen molar-refractivity contribution in [2.75, 3.05) is 13.1 Å². The van der Waals surface area contributed by atoms with E-state index in [0.717, 1.165) is 32.4 Å². The number of rotatable bonds is 4. The maximum absolute atomic E-state index is 12.1. The number of hydrogen-bond donors (Lipinski definition) is 2. The van der Waals surface area contributed by atoms with Gasteiger partial charge in [0.25, 0.3) is 0 Å². The number of carboxylic acid groups (broad SMARTS) is 1. The normalized spacial score (nSPS) is 20.3. The van der Waals surface area contributed by atoms with E-state index in [-0.39, 0.29) is 6.03 Å². The molecule has 0 radical (unpaired) electrons. The number of carboxylic acids is 1. The number of urea groups is 1. The third-order valence-corrected chi connectivity index (χ3v) is 3.68. The highest BCUT2D eigenvalue weighted by Gasteiger charge is 2.35. The van der Waals surface area contributed by atoms with E-state index in [9.17, 15) is 14.7 Å². The lowest BCUT2D eigenvalue weighted by molar-refractivity contribution is -0.144. The highest BCUT2D eigenvalue weighted by atomic mass is 16.4. The summed E-state index contributed by atoms with van der Waals surface area (Å²) in [6, 6.07) is -0.250. The topological polar surface area (TPSA) is 69.6 Å². The molecule has 0 spiro atoms. The number of nitrogens with one attached hydrogen (secondary N) is 1. The van der Waals surface area contributed by atoms with E-state index in [0.29, 0.717) is 12.3 Å². The molecular weight excluding hydrogens is 232 g/mol. The van der Waals surface area contributed by atoms with Crippen LogP contribution in [0.5, 0.6) is 0 Å². The van der Waals surface area contributed by atoms with E-state index in [1.54, 1.807) is 11.8 Å². The number of carbonyl (C=O) groups excluding carboxylic acids is 1. The fraction of sp³-hybridized carbons (Fsp3) is 0.846. The van der Waals surface area contributed by atoms with Crippen molar-refractivity contribution >= 4 is 12.0 Å². The summed E-state index contributed by atoms with van der Waals surface area (Å²) in [7, 11) is 0. The lowest BCUT2D eigenvalue weighted by atomic mass is 9.96. The van der Waals surface area contributed by atoms with Crippen molar-refractivity contribution in [2.45, 2.75) is 52.0 Å². The third kappa shape index (κ3) is 3.62. The molecule has 1 aliphatic heterocycles. The minimum atomic E-state index is -1.16. The van der Waals surface area contributed by atoms with Crippen molar-refractivity contribution in [1.82, 2.24) is 10.2 Å². The number of aliphatic carboxylic acids is 1. The van der Waals surface area contributed by atoms with Gasteiger partial charge in [-0.15, -0.1) is 0 Å². The van der Waals surface area contributed by atoms with Gasteiger partial charge in [0.1, 0.15) is 5.54 Å². The van der Waals surface area contributed by atoms with Crippen LogP contribution in [0.3, 0.4) is 0 Å². The number of piperidine rings is 1. The summed E-state index contributed by atoms with van der Waals surface area (Å²) in [5.41, 5.74) is -1.16. The van der Waals surface area contributed by atoms with E-state index in [2.05, 4.69) is 12.2 Å². The van der Waals surface area contributed by atoms with E-state index in [1.165, 1.54) is 0 Å². The Labute approximate surface area is 109 Å². The Kier molecular flexibility index (Phi) is 4.99. The second kappa shape index (κ2) is 6.07. The summed E-state index contributed by atoms with van der Waals surface area (Å²) in [5, 5.41) is 11.9. The third-order valence-electron chi connectivity index (χ3n) is 3.68. The molecule has 1 aliphatic rings. The molecule has 0 aromatic carbocycles. The van der Waals surface area contributed by atoms with Crippen LogP contribution in [0, 0.1) is 5.92 Å². The highest BCUT2D eigenvalue weighted by Crippen LogP contribution is 2.18. The first kappa shape index (κ1) is 14.8. The first-order valence-corrected chi connectivity index (χ1v) is 6.69. The Balaban J connectivity index is 2.59. The molecule has 0 saturated carbocycles. The summed E-state index contributed by atoms with van der Waals surface area (Å²) in [6.45, 7) is 7.09. The van der Waals surface area contributed by atoms with Crippen LogP contribution in [0.2, 0.25) is 0 Å². The zero-order valence-electron chi connectivity index (χ0n) is 11.5. The summed E-state index contributed by atoms with van der Waals surface area (Å²) in [5.74, 6) is -0.321. The molecule has 1 saturated heterocycles. The van der Waals surface area contributed by atoms with Crippen molar-refractivity contribution in [3.05, 3.63) is 0 Å². The molecule has 0 aliphatic carbocycles. The minimum absolute atomic E-state index is 0.250. The second-order valence-electron chi connectivity index (χ2n) is 5.49. The lowest BCUT2D eigenvalue weighted by Gasteiger charge is -2.34. The Hall–Kier alpha value is -1.26. The molecule has 1 fully saturated rings. The van der Waals surface area contributed by atoms with Gasteiger partial charge in [0, 0.05) is 13.1 Å². The van der Waals surface area contributed by atoms with Gasteiger partial charge in [-0.1, -0.05) is 20.3 Å². The van der Waals surface area contributed by atoms with Gasteiger partial charge in [-0.3, -0.25) is 0 Å². The van der Waals surface area contributed by atoms with Crippen molar-refractivity contribution < 1.29 is 14.7 Å². The minimum Gasteiger partial charge on any atom is -0.480 e. The van der Waals surface area contributed by atoms with Gasteiger partial charge < -0.3 is 15.3 Å². The molecule has 1 atom stereocenters. The molecule has 1 unspecified atom stereocenters. The predicted octanol–water partition coefficient (Wildman–Crippen LogP) is 2.07. The number of amides is 2. The predicted molar refractivity (Wildman–Crippen MR) is 69.5 cm³/mol. The van der Waals surface area contributed by atoms with Gasteiger partial charge in [-0.25, -0.2) is 9.59 Å². The quantitative estimate of drug-likeness (QED) is 0.809. The zero-order chi connectivity index (χ0) is 13.8. The molecule has 5 heteroatoms. The van der Waals surface area contributed by atoms with Crippen LogP contribution < -0.4 is 5.32 Å². The number of nitrogens with zero attached hydrogens (tertiary/aromatic N) is 1. The fourth-order valence-electron chi connectivity index (χ4n) is 2.25. The molecule has 0 aromatic heterocycles. The zero-order valence-corrected chi connectivity index (χ0v) is 11.5. The molecule has 2 N–H and O–H groups in total. The standard InChI is InChI=1S/C13H24N2O3/c1-4-7-13(3,11(16)17)14-12(18)15-8-5-10(2)6-9-15/h10H,4-9H2,1-3H3,(H,14,18)(H,16,17). The van der Waals surface area contributed by atoms with Crippen LogP contribution in [-0.4, -0.2) is 40.6 Å². The average Bonchev–Trinajstić information content (AvgIpc) is 2.29. The van der Waals surface area contributed by atoms with E-state index >= 15 is 0 Å². The molecule has 5 nitrogen and oxygen atoms in total. The number of hydrogen-bond acceptors (Lipinski definition) is 2. The van der Waals surface area contributed by atoms with Gasteiger partial charge >= 0.3 is 12.0 Å². The van der Waals surface area contributed by atoms with Gasteiger partial charge in [0.2, 0.25) is 0 Å². The van der Waals surface area contributed by atoms with Crippen LogP contribution >= 0.6 is 0 Å². The van der Waals surface area contributed by atoms with Crippen LogP contribution in [0.15, 0.2) is 0 Å². The lowest BCUT2D eigenvalue weighted by Crippen LogP contribution is -2.57. The molecule has 0 bridgehead atoms. The number of likely N-dealkylation sites (tertiary alicyclic amines) is 1. The summed E-state index contributed by atoms with van der Waals surface area (Å²) >= 11 is 0. The summed E-state index contributed by atoms with van der Waals surface area (Å²) in [4.78, 5) is 25.0. The molecule has 1 heterocycles. The van der Waals surface area contributed by atoms with Crippen LogP contribution in [0.1, 0.15) is 46.5 Å². The van der Waals surface area contributed by atoms with Crippen LogP contribution in [0.4, 0.5) is 4.79 Å².